The van der Waals surface area contributed by atoms with E-state index < -0.39 is 23.8 Å². The predicted molar refractivity (Wildman–Crippen MR) is 146 cm³/mol. The fourth-order valence-corrected chi connectivity index (χ4v) is 4.69. The quantitative estimate of drug-likeness (QED) is 0.271. The standard InChI is InChI=1S/C27H27N5O6S/c1-15-9-12-19(38-15)23(26(34)30-14-16-7-5-4-6-8-16)32(18-11-10-17(36-2)13-20(18)37-3)27(35)24-21(28)22(25(29)33)31-39-24/h4-13,23H,14,28H2,1-3H3,(H2,29,33)(H,30,34)/t23-/m0/s1. The lowest BCUT2D eigenvalue weighted by Crippen LogP contribution is -2.44. The highest BCUT2D eigenvalue weighted by atomic mass is 32.1. The molecule has 0 fully saturated rings. The highest BCUT2D eigenvalue weighted by Gasteiger charge is 2.39. The number of primary amides is 1. The maximum atomic E-state index is 14.2. The van der Waals surface area contributed by atoms with E-state index in [4.69, 9.17) is 25.4 Å². The number of aryl methyl sites for hydroxylation is 1. The summed E-state index contributed by atoms with van der Waals surface area (Å²) in [6.45, 7) is 1.93. The van der Waals surface area contributed by atoms with Crippen LogP contribution in [0.15, 0.2) is 65.1 Å². The Morgan fingerprint density at radius 2 is 1.82 bits per heavy atom. The second-order valence-corrected chi connectivity index (χ2v) is 9.18. The van der Waals surface area contributed by atoms with Crippen LogP contribution in [0.1, 0.15) is 43.3 Å². The average Bonchev–Trinajstić information content (AvgIpc) is 3.55. The van der Waals surface area contributed by atoms with E-state index in [9.17, 15) is 14.4 Å². The Morgan fingerprint density at radius 1 is 1.08 bits per heavy atom. The number of ether oxygens (including phenoxy) is 2. The second kappa shape index (κ2) is 11.7. The normalized spacial score (nSPS) is 11.5. The van der Waals surface area contributed by atoms with Crippen molar-refractivity contribution in [3.05, 3.63) is 88.3 Å². The molecule has 5 N–H and O–H groups in total. The molecule has 202 valence electrons. The van der Waals surface area contributed by atoms with Crippen LogP contribution in [-0.4, -0.2) is 36.3 Å². The molecule has 0 saturated carbocycles. The first-order valence-corrected chi connectivity index (χ1v) is 12.5. The number of furan rings is 1. The van der Waals surface area contributed by atoms with Crippen molar-refractivity contribution in [1.82, 2.24) is 9.69 Å². The number of nitrogens with two attached hydrogens (primary N) is 2. The number of carbonyl (C=O) groups is 3. The summed E-state index contributed by atoms with van der Waals surface area (Å²) < 4.78 is 20.7. The van der Waals surface area contributed by atoms with Crippen LogP contribution < -0.4 is 31.2 Å². The maximum Gasteiger partial charge on any atom is 0.273 e. The van der Waals surface area contributed by atoms with Crippen LogP contribution in [0.2, 0.25) is 0 Å². The summed E-state index contributed by atoms with van der Waals surface area (Å²) in [6.07, 6.45) is 0. The number of aromatic nitrogens is 1. The van der Waals surface area contributed by atoms with Gasteiger partial charge in [-0.3, -0.25) is 19.3 Å². The minimum absolute atomic E-state index is 0.0780. The zero-order chi connectivity index (χ0) is 28.1. The predicted octanol–water partition coefficient (Wildman–Crippen LogP) is 3.45. The largest absolute Gasteiger partial charge is 0.497 e. The van der Waals surface area contributed by atoms with Crippen molar-refractivity contribution in [3.63, 3.8) is 0 Å². The number of nitrogens with one attached hydrogen (secondary N) is 1. The van der Waals surface area contributed by atoms with E-state index in [1.807, 2.05) is 30.3 Å². The molecule has 1 atom stereocenters. The molecule has 0 radical (unpaired) electrons. The molecule has 0 unspecified atom stereocenters. The molecule has 2 aromatic heterocycles. The molecule has 2 heterocycles. The van der Waals surface area contributed by atoms with E-state index in [0.29, 0.717) is 23.0 Å². The molecule has 0 aliphatic heterocycles. The van der Waals surface area contributed by atoms with Gasteiger partial charge in [-0.05, 0) is 48.3 Å². The van der Waals surface area contributed by atoms with Gasteiger partial charge in [-0.1, -0.05) is 30.3 Å². The lowest BCUT2D eigenvalue weighted by atomic mass is 10.1. The van der Waals surface area contributed by atoms with Crippen molar-refractivity contribution >= 4 is 40.6 Å². The second-order valence-electron chi connectivity index (χ2n) is 8.41. The van der Waals surface area contributed by atoms with E-state index in [2.05, 4.69) is 9.69 Å². The number of hydrogen-bond donors (Lipinski definition) is 3. The molecular formula is C27H27N5O6S. The van der Waals surface area contributed by atoms with Crippen LogP contribution in [0.3, 0.4) is 0 Å². The van der Waals surface area contributed by atoms with Crippen LogP contribution in [-0.2, 0) is 11.3 Å². The summed E-state index contributed by atoms with van der Waals surface area (Å²) in [7, 11) is 2.92. The Kier molecular flexibility index (Phi) is 8.15. The first-order chi connectivity index (χ1) is 18.7. The smallest absolute Gasteiger partial charge is 0.273 e. The molecule has 0 spiro atoms. The number of nitrogens with zero attached hydrogens (tertiary/aromatic N) is 2. The molecule has 39 heavy (non-hydrogen) atoms. The molecule has 12 heteroatoms. The van der Waals surface area contributed by atoms with Gasteiger partial charge in [0.2, 0.25) is 0 Å². The molecule has 0 aliphatic rings. The summed E-state index contributed by atoms with van der Waals surface area (Å²) in [5.74, 6) is -0.682. The van der Waals surface area contributed by atoms with Crippen molar-refractivity contribution in [2.24, 2.45) is 5.73 Å². The SMILES string of the molecule is COc1ccc(N(C(=O)c2snc(C(N)=O)c2N)[C@H](C(=O)NCc2ccccc2)c2ccc(C)o2)c(OC)c1. The molecule has 0 bridgehead atoms. The van der Waals surface area contributed by atoms with Crippen LogP contribution in [0.4, 0.5) is 11.4 Å². The fraction of sp³-hybridized carbons (Fsp3) is 0.185. The zero-order valence-electron chi connectivity index (χ0n) is 21.5. The third kappa shape index (κ3) is 5.70. The van der Waals surface area contributed by atoms with Gasteiger partial charge in [-0.2, -0.15) is 4.37 Å². The molecule has 0 saturated heterocycles. The number of anilines is 2. The van der Waals surface area contributed by atoms with E-state index in [-0.39, 0.29) is 40.0 Å². The van der Waals surface area contributed by atoms with E-state index in [0.717, 1.165) is 5.56 Å². The van der Waals surface area contributed by atoms with Crippen molar-refractivity contribution in [2.45, 2.75) is 19.5 Å². The highest BCUT2D eigenvalue weighted by molar-refractivity contribution is 7.09. The van der Waals surface area contributed by atoms with Gasteiger partial charge in [0.1, 0.15) is 27.9 Å². The van der Waals surface area contributed by atoms with Gasteiger partial charge in [-0.15, -0.1) is 0 Å². The highest BCUT2D eigenvalue weighted by Crippen LogP contribution is 2.40. The van der Waals surface area contributed by atoms with Gasteiger partial charge in [0.05, 0.1) is 25.6 Å². The molecule has 2 aromatic carbocycles. The summed E-state index contributed by atoms with van der Waals surface area (Å²) in [5.41, 5.74) is 12.2. The topological polar surface area (TPSA) is 163 Å². The number of benzene rings is 2. The van der Waals surface area contributed by atoms with Crippen LogP contribution in [0, 0.1) is 6.92 Å². The van der Waals surface area contributed by atoms with Crippen LogP contribution in [0.25, 0.3) is 0 Å². The lowest BCUT2D eigenvalue weighted by Gasteiger charge is -2.31. The molecule has 4 rings (SSSR count). The first-order valence-electron chi connectivity index (χ1n) is 11.7. The van der Waals surface area contributed by atoms with Crippen molar-refractivity contribution < 1.29 is 28.3 Å². The van der Waals surface area contributed by atoms with Gasteiger partial charge < -0.3 is 30.7 Å². The Morgan fingerprint density at radius 3 is 2.41 bits per heavy atom. The number of methoxy groups -OCH3 is 2. The number of amides is 3. The number of hydrogen-bond acceptors (Lipinski definition) is 9. The van der Waals surface area contributed by atoms with Gasteiger partial charge in [0.25, 0.3) is 17.7 Å². The Bertz CT molecular complexity index is 1500. The lowest BCUT2D eigenvalue weighted by molar-refractivity contribution is -0.123. The third-order valence-corrected chi connectivity index (χ3v) is 6.72. The van der Waals surface area contributed by atoms with Gasteiger partial charge in [-0.25, -0.2) is 0 Å². The van der Waals surface area contributed by atoms with Crippen molar-refractivity contribution in [2.75, 3.05) is 24.9 Å². The van der Waals surface area contributed by atoms with E-state index in [1.54, 1.807) is 37.3 Å². The Balaban J connectivity index is 1.87. The monoisotopic (exact) mass is 549 g/mol. The Labute approximate surface area is 228 Å². The van der Waals surface area contributed by atoms with Crippen LogP contribution in [0.5, 0.6) is 11.5 Å². The van der Waals surface area contributed by atoms with Gasteiger partial charge >= 0.3 is 0 Å². The summed E-state index contributed by atoms with van der Waals surface area (Å²) in [5, 5.41) is 2.89. The van der Waals surface area contributed by atoms with E-state index >= 15 is 0 Å². The number of rotatable bonds is 10. The Hall–Kier alpha value is -4.84. The van der Waals surface area contributed by atoms with Gasteiger partial charge in [0.15, 0.2) is 11.7 Å². The summed E-state index contributed by atoms with van der Waals surface area (Å²) >= 11 is 0.702. The van der Waals surface area contributed by atoms with Crippen molar-refractivity contribution in [3.8, 4) is 11.5 Å². The van der Waals surface area contributed by atoms with Gasteiger partial charge in [0, 0.05) is 12.6 Å². The van der Waals surface area contributed by atoms with Crippen molar-refractivity contribution in [1.29, 1.82) is 0 Å². The molecule has 4 aromatic rings. The maximum absolute atomic E-state index is 14.2. The average molecular weight is 550 g/mol. The molecular weight excluding hydrogens is 522 g/mol. The van der Waals surface area contributed by atoms with Crippen LogP contribution >= 0.6 is 11.5 Å². The zero-order valence-corrected chi connectivity index (χ0v) is 22.3. The molecule has 11 nitrogen and oxygen atoms in total. The minimum atomic E-state index is -1.30. The number of carbonyl (C=O) groups excluding carboxylic acids is 3. The first kappa shape index (κ1) is 27.2. The third-order valence-electron chi connectivity index (χ3n) is 5.87. The van der Waals surface area contributed by atoms with E-state index in [1.165, 1.54) is 19.1 Å². The summed E-state index contributed by atoms with van der Waals surface area (Å²) in [4.78, 5) is 41.0. The minimum Gasteiger partial charge on any atom is -0.497 e. The molecule has 3 amide bonds. The number of nitrogen functional groups attached to an aromatic ring is 1. The molecule has 0 aliphatic carbocycles. The summed E-state index contributed by atoms with van der Waals surface area (Å²) in [6, 6.07) is 16.1. The fourth-order valence-electron chi connectivity index (χ4n) is 3.94.